The van der Waals surface area contributed by atoms with E-state index in [1.165, 1.54) is 16.0 Å². The number of hydrogen-bond donors (Lipinski definition) is 0. The minimum atomic E-state index is -1.13. The van der Waals surface area contributed by atoms with Crippen LogP contribution in [0.15, 0.2) is 18.2 Å². The Kier molecular flexibility index (Phi) is 4.87. The second-order valence-electron chi connectivity index (χ2n) is 4.44. The van der Waals surface area contributed by atoms with Crippen LogP contribution in [0.25, 0.3) is 0 Å². The first kappa shape index (κ1) is 13.9. The molecular weight excluding hydrogens is 234 g/mol. The lowest BCUT2D eigenvalue weighted by Gasteiger charge is -2.10. The van der Waals surface area contributed by atoms with E-state index in [-0.39, 0.29) is 11.7 Å². The molecule has 0 aliphatic heterocycles. The summed E-state index contributed by atoms with van der Waals surface area (Å²) in [6.07, 6.45) is 0. The van der Waals surface area contributed by atoms with Crippen LogP contribution < -0.4 is 0 Å². The highest BCUT2D eigenvalue weighted by molar-refractivity contribution is 7.84. The molecule has 17 heavy (non-hydrogen) atoms. The van der Waals surface area contributed by atoms with Gasteiger partial charge in [-0.05, 0) is 30.5 Å². The molecule has 0 aliphatic rings. The van der Waals surface area contributed by atoms with Crippen molar-refractivity contribution in [2.24, 2.45) is 0 Å². The van der Waals surface area contributed by atoms with Gasteiger partial charge in [0.15, 0.2) is 0 Å². The van der Waals surface area contributed by atoms with Crippen molar-refractivity contribution in [1.82, 2.24) is 4.90 Å². The molecule has 0 saturated heterocycles. The summed E-state index contributed by atoms with van der Waals surface area (Å²) in [5.41, 5.74) is 3.44. The zero-order valence-corrected chi connectivity index (χ0v) is 11.6. The molecule has 1 atom stereocenters. The molecule has 3 nitrogen and oxygen atoms in total. The van der Waals surface area contributed by atoms with Crippen molar-refractivity contribution in [3.05, 3.63) is 34.9 Å². The number of aryl methyl sites for hydroxylation is 2. The predicted molar refractivity (Wildman–Crippen MR) is 71.3 cm³/mol. The summed E-state index contributed by atoms with van der Waals surface area (Å²) in [7, 11) is 2.22. The van der Waals surface area contributed by atoms with Gasteiger partial charge in [-0.3, -0.25) is 9.00 Å². The summed E-state index contributed by atoms with van der Waals surface area (Å²) < 4.78 is 11.8. The first-order valence-electron chi connectivity index (χ1n) is 5.51. The molecule has 0 fully saturated rings. The third-order valence-electron chi connectivity index (χ3n) is 2.68. The number of benzene rings is 1. The Balaban J connectivity index is 2.62. The molecule has 1 unspecified atom stereocenters. The number of carbonyl (C=O) groups excluding carboxylic acids is 1. The van der Waals surface area contributed by atoms with Crippen LogP contribution in [0, 0.1) is 13.8 Å². The monoisotopic (exact) mass is 253 g/mol. The van der Waals surface area contributed by atoms with E-state index in [9.17, 15) is 9.00 Å². The Morgan fingerprint density at radius 2 is 1.88 bits per heavy atom. The van der Waals surface area contributed by atoms with Crippen LogP contribution in [0.1, 0.15) is 16.7 Å². The lowest BCUT2D eigenvalue weighted by molar-refractivity contribution is -0.125. The van der Waals surface area contributed by atoms with Crippen molar-refractivity contribution in [3.63, 3.8) is 0 Å². The molecule has 0 N–H and O–H groups in total. The second kappa shape index (κ2) is 5.96. The molecule has 1 aromatic rings. The van der Waals surface area contributed by atoms with Crippen molar-refractivity contribution in [1.29, 1.82) is 0 Å². The quantitative estimate of drug-likeness (QED) is 0.818. The van der Waals surface area contributed by atoms with Gasteiger partial charge in [-0.15, -0.1) is 0 Å². The number of amides is 1. The van der Waals surface area contributed by atoms with E-state index < -0.39 is 10.8 Å². The topological polar surface area (TPSA) is 37.4 Å². The number of carbonyl (C=O) groups is 1. The normalized spacial score (nSPS) is 12.2. The van der Waals surface area contributed by atoms with Gasteiger partial charge in [-0.2, -0.15) is 0 Å². The SMILES string of the molecule is Cc1ccc(CS(=O)CC(=O)N(C)C)cc1C. The van der Waals surface area contributed by atoms with Crippen molar-refractivity contribution < 1.29 is 9.00 Å². The minimum absolute atomic E-state index is 0.0906. The van der Waals surface area contributed by atoms with E-state index in [4.69, 9.17) is 0 Å². The van der Waals surface area contributed by atoms with Crippen LogP contribution >= 0.6 is 0 Å². The molecule has 0 spiro atoms. The van der Waals surface area contributed by atoms with Gasteiger partial charge in [0.1, 0.15) is 5.75 Å². The van der Waals surface area contributed by atoms with Crippen LogP contribution in [-0.4, -0.2) is 34.9 Å². The van der Waals surface area contributed by atoms with Gasteiger partial charge >= 0.3 is 0 Å². The Morgan fingerprint density at radius 1 is 1.24 bits per heavy atom. The highest BCUT2D eigenvalue weighted by atomic mass is 32.2. The molecule has 1 rings (SSSR count). The maximum absolute atomic E-state index is 11.8. The Morgan fingerprint density at radius 3 is 2.41 bits per heavy atom. The summed E-state index contributed by atoms with van der Waals surface area (Å²) in [4.78, 5) is 12.9. The van der Waals surface area contributed by atoms with Crippen LogP contribution in [0.4, 0.5) is 0 Å². The van der Waals surface area contributed by atoms with Crippen molar-refractivity contribution >= 4 is 16.7 Å². The van der Waals surface area contributed by atoms with E-state index in [2.05, 4.69) is 0 Å². The summed E-state index contributed by atoms with van der Waals surface area (Å²) in [6.45, 7) is 4.08. The van der Waals surface area contributed by atoms with Crippen molar-refractivity contribution in [2.75, 3.05) is 19.8 Å². The molecule has 0 heterocycles. The third kappa shape index (κ3) is 4.30. The van der Waals surface area contributed by atoms with Gasteiger partial charge in [0, 0.05) is 30.6 Å². The Bertz CT molecular complexity index is 441. The van der Waals surface area contributed by atoms with Gasteiger partial charge in [-0.25, -0.2) is 0 Å². The van der Waals surface area contributed by atoms with Crippen molar-refractivity contribution in [3.8, 4) is 0 Å². The fourth-order valence-corrected chi connectivity index (χ4v) is 2.58. The summed E-state index contributed by atoms with van der Waals surface area (Å²) in [5, 5.41) is 0. The largest absolute Gasteiger partial charge is 0.348 e. The third-order valence-corrected chi connectivity index (χ3v) is 3.91. The fraction of sp³-hybridized carbons (Fsp3) is 0.462. The average Bonchev–Trinajstić information content (AvgIpc) is 2.23. The first-order chi connectivity index (χ1) is 7.90. The van der Waals surface area contributed by atoms with Crippen LogP contribution in [0.3, 0.4) is 0 Å². The van der Waals surface area contributed by atoms with E-state index in [1.54, 1.807) is 14.1 Å². The van der Waals surface area contributed by atoms with Gasteiger partial charge in [0.2, 0.25) is 5.91 Å². The zero-order chi connectivity index (χ0) is 13.0. The van der Waals surface area contributed by atoms with Crippen LogP contribution in [0.5, 0.6) is 0 Å². The lowest BCUT2D eigenvalue weighted by atomic mass is 10.1. The van der Waals surface area contributed by atoms with Crippen LogP contribution in [0.2, 0.25) is 0 Å². The van der Waals surface area contributed by atoms with E-state index >= 15 is 0 Å². The summed E-state index contributed by atoms with van der Waals surface area (Å²) in [5.74, 6) is 0.452. The summed E-state index contributed by atoms with van der Waals surface area (Å²) in [6, 6.07) is 6.03. The summed E-state index contributed by atoms with van der Waals surface area (Å²) >= 11 is 0. The molecule has 1 aromatic carbocycles. The zero-order valence-electron chi connectivity index (χ0n) is 10.8. The standard InChI is InChI=1S/C13H19NO2S/c1-10-5-6-12(7-11(10)2)8-17(16)9-13(15)14(3)4/h5-7H,8-9H2,1-4H3. The van der Waals surface area contributed by atoms with Gasteiger partial charge in [0.05, 0.1) is 0 Å². The molecular formula is C13H19NO2S. The maximum Gasteiger partial charge on any atom is 0.234 e. The first-order valence-corrected chi connectivity index (χ1v) is 7.00. The Labute approximate surface area is 105 Å². The van der Waals surface area contributed by atoms with Gasteiger partial charge in [0.25, 0.3) is 0 Å². The molecule has 94 valence electrons. The smallest absolute Gasteiger partial charge is 0.234 e. The highest BCUT2D eigenvalue weighted by Gasteiger charge is 2.10. The second-order valence-corrected chi connectivity index (χ2v) is 5.89. The van der Waals surface area contributed by atoms with E-state index in [1.807, 2.05) is 32.0 Å². The van der Waals surface area contributed by atoms with Gasteiger partial charge in [-0.1, -0.05) is 18.2 Å². The minimum Gasteiger partial charge on any atom is -0.348 e. The number of rotatable bonds is 4. The lowest BCUT2D eigenvalue weighted by Crippen LogP contribution is -2.27. The maximum atomic E-state index is 11.8. The molecule has 1 amide bonds. The van der Waals surface area contributed by atoms with Crippen LogP contribution in [-0.2, 0) is 21.3 Å². The van der Waals surface area contributed by atoms with Crippen molar-refractivity contribution in [2.45, 2.75) is 19.6 Å². The average molecular weight is 253 g/mol. The van der Waals surface area contributed by atoms with E-state index in [0.29, 0.717) is 5.75 Å². The number of nitrogens with zero attached hydrogens (tertiary/aromatic N) is 1. The number of hydrogen-bond acceptors (Lipinski definition) is 2. The molecule has 0 radical (unpaired) electrons. The molecule has 0 saturated carbocycles. The molecule has 0 bridgehead atoms. The van der Waals surface area contributed by atoms with E-state index in [0.717, 1.165) is 5.56 Å². The van der Waals surface area contributed by atoms with Gasteiger partial charge < -0.3 is 4.90 Å². The fourth-order valence-electron chi connectivity index (χ4n) is 1.40. The highest BCUT2D eigenvalue weighted by Crippen LogP contribution is 2.11. The molecule has 0 aliphatic carbocycles. The molecule has 0 aromatic heterocycles. The Hall–Kier alpha value is -1.16. The molecule has 4 heteroatoms. The predicted octanol–water partition coefficient (Wildman–Crippen LogP) is 1.64.